The summed E-state index contributed by atoms with van der Waals surface area (Å²) < 4.78 is 12.8. The van der Waals surface area contributed by atoms with Crippen molar-refractivity contribution in [1.82, 2.24) is 4.98 Å². The molecule has 1 aromatic heterocycles. The number of hydrogen-bond acceptors (Lipinski definition) is 3. The maximum atomic E-state index is 12.8. The molecule has 0 saturated heterocycles. The fourth-order valence-corrected chi connectivity index (χ4v) is 1.76. The highest BCUT2D eigenvalue weighted by molar-refractivity contribution is 5.45. The van der Waals surface area contributed by atoms with Crippen LogP contribution in [0, 0.1) is 5.82 Å². The minimum absolute atomic E-state index is 0.226. The van der Waals surface area contributed by atoms with Crippen LogP contribution in [0.1, 0.15) is 11.4 Å². The molecule has 0 spiro atoms. The summed E-state index contributed by atoms with van der Waals surface area (Å²) in [6, 6.07) is 12.2. The normalized spacial score (nSPS) is 10.4. The Labute approximate surface area is 106 Å². The van der Waals surface area contributed by atoms with Gasteiger partial charge in [-0.3, -0.25) is 4.98 Å². The number of benzene rings is 1. The van der Waals surface area contributed by atoms with Crippen LogP contribution in [0.4, 0.5) is 10.1 Å². The number of nitrogens with two attached hydrogens (primary N) is 1. The van der Waals surface area contributed by atoms with Crippen LogP contribution in [0.25, 0.3) is 0 Å². The Kier molecular flexibility index (Phi) is 3.89. The lowest BCUT2D eigenvalue weighted by Crippen LogP contribution is -2.17. The van der Waals surface area contributed by atoms with Gasteiger partial charge in [0.25, 0.3) is 0 Å². The van der Waals surface area contributed by atoms with Crippen molar-refractivity contribution in [3.05, 3.63) is 59.7 Å². The molecule has 0 atom stereocenters. The molecule has 0 unspecified atom stereocenters. The van der Waals surface area contributed by atoms with Crippen molar-refractivity contribution in [3.63, 3.8) is 0 Å². The quantitative estimate of drug-likeness (QED) is 0.898. The lowest BCUT2D eigenvalue weighted by molar-refractivity contribution is 0.627. The van der Waals surface area contributed by atoms with E-state index in [9.17, 15) is 4.39 Å². The Morgan fingerprint density at radius 1 is 1.11 bits per heavy atom. The summed E-state index contributed by atoms with van der Waals surface area (Å²) >= 11 is 0. The molecule has 1 heterocycles. The summed E-state index contributed by atoms with van der Waals surface area (Å²) in [4.78, 5) is 6.45. The van der Waals surface area contributed by atoms with Gasteiger partial charge in [-0.05, 0) is 36.4 Å². The van der Waals surface area contributed by atoms with Crippen molar-refractivity contribution in [3.8, 4) is 0 Å². The average Bonchev–Trinajstić information content (AvgIpc) is 2.39. The van der Waals surface area contributed by atoms with Crippen LogP contribution in [0.5, 0.6) is 0 Å². The lowest BCUT2D eigenvalue weighted by Gasteiger charge is -2.19. The molecule has 18 heavy (non-hydrogen) atoms. The van der Waals surface area contributed by atoms with Gasteiger partial charge >= 0.3 is 0 Å². The first-order valence-electron chi connectivity index (χ1n) is 5.80. The highest BCUT2D eigenvalue weighted by atomic mass is 19.1. The van der Waals surface area contributed by atoms with Crippen molar-refractivity contribution in [2.24, 2.45) is 5.73 Å². The zero-order valence-corrected chi connectivity index (χ0v) is 10.3. The number of rotatable bonds is 4. The fourth-order valence-electron chi connectivity index (χ4n) is 1.76. The average molecular weight is 245 g/mol. The smallest absolute Gasteiger partial charge is 0.123 e. The van der Waals surface area contributed by atoms with Gasteiger partial charge in [0.1, 0.15) is 5.82 Å². The summed E-state index contributed by atoms with van der Waals surface area (Å²) in [5, 5.41) is 0. The Balaban J connectivity index is 2.10. The molecule has 2 rings (SSSR count). The Morgan fingerprint density at radius 3 is 2.44 bits per heavy atom. The van der Waals surface area contributed by atoms with Crippen molar-refractivity contribution in [2.45, 2.75) is 13.1 Å². The lowest BCUT2D eigenvalue weighted by atomic mass is 10.2. The first-order valence-corrected chi connectivity index (χ1v) is 5.80. The Bertz CT molecular complexity index is 511. The number of nitrogens with zero attached hydrogens (tertiary/aromatic N) is 2. The number of pyridine rings is 1. The van der Waals surface area contributed by atoms with Gasteiger partial charge < -0.3 is 10.6 Å². The standard InChI is InChI=1S/C14H16FN3/c1-18(14-7-5-11(15)6-8-14)10-13-4-2-3-12(9-16)17-13/h2-8H,9-10,16H2,1H3. The van der Waals surface area contributed by atoms with Crippen LogP contribution in [-0.4, -0.2) is 12.0 Å². The molecule has 0 amide bonds. The molecule has 0 aliphatic rings. The highest BCUT2D eigenvalue weighted by Gasteiger charge is 2.04. The van der Waals surface area contributed by atoms with Crippen molar-refractivity contribution in [1.29, 1.82) is 0 Å². The van der Waals surface area contributed by atoms with Crippen LogP contribution in [0.3, 0.4) is 0 Å². The van der Waals surface area contributed by atoms with E-state index >= 15 is 0 Å². The van der Waals surface area contributed by atoms with Gasteiger partial charge in [0.05, 0.1) is 17.9 Å². The minimum Gasteiger partial charge on any atom is -0.369 e. The van der Waals surface area contributed by atoms with Crippen LogP contribution in [0.2, 0.25) is 0 Å². The second-order valence-corrected chi connectivity index (χ2v) is 4.16. The van der Waals surface area contributed by atoms with Gasteiger partial charge in [-0.15, -0.1) is 0 Å². The number of anilines is 1. The first kappa shape index (κ1) is 12.5. The summed E-state index contributed by atoms with van der Waals surface area (Å²) in [7, 11) is 1.95. The molecule has 0 bridgehead atoms. The van der Waals surface area contributed by atoms with E-state index in [0.29, 0.717) is 13.1 Å². The molecule has 0 radical (unpaired) electrons. The molecule has 1 aromatic carbocycles. The molecule has 2 aromatic rings. The predicted octanol–water partition coefficient (Wildman–Crippen LogP) is 2.32. The molecule has 4 heteroatoms. The van der Waals surface area contributed by atoms with Gasteiger partial charge in [-0.2, -0.15) is 0 Å². The molecule has 2 N–H and O–H groups in total. The zero-order valence-electron chi connectivity index (χ0n) is 10.3. The van der Waals surface area contributed by atoms with Gasteiger partial charge in [0.2, 0.25) is 0 Å². The third kappa shape index (κ3) is 3.05. The SMILES string of the molecule is CN(Cc1cccc(CN)n1)c1ccc(F)cc1. The fraction of sp³-hybridized carbons (Fsp3) is 0.214. The van der Waals surface area contributed by atoms with E-state index in [0.717, 1.165) is 17.1 Å². The molecule has 0 fully saturated rings. The summed E-state index contributed by atoms with van der Waals surface area (Å²) in [5.74, 6) is -0.226. The Morgan fingerprint density at radius 2 is 1.78 bits per heavy atom. The second-order valence-electron chi connectivity index (χ2n) is 4.16. The predicted molar refractivity (Wildman–Crippen MR) is 70.6 cm³/mol. The van der Waals surface area contributed by atoms with E-state index in [4.69, 9.17) is 5.73 Å². The summed E-state index contributed by atoms with van der Waals surface area (Å²) in [6.07, 6.45) is 0. The third-order valence-corrected chi connectivity index (χ3v) is 2.74. The van der Waals surface area contributed by atoms with Crippen molar-refractivity contribution >= 4 is 5.69 Å². The van der Waals surface area contributed by atoms with E-state index in [2.05, 4.69) is 4.98 Å². The maximum absolute atomic E-state index is 12.8. The topological polar surface area (TPSA) is 42.1 Å². The Hall–Kier alpha value is -1.94. The van der Waals surface area contributed by atoms with E-state index in [-0.39, 0.29) is 5.82 Å². The van der Waals surface area contributed by atoms with Gasteiger partial charge in [-0.25, -0.2) is 4.39 Å². The molecular weight excluding hydrogens is 229 g/mol. The van der Waals surface area contributed by atoms with Crippen molar-refractivity contribution in [2.75, 3.05) is 11.9 Å². The number of aromatic nitrogens is 1. The van der Waals surface area contributed by atoms with Gasteiger partial charge in [0, 0.05) is 19.3 Å². The molecule has 3 nitrogen and oxygen atoms in total. The minimum atomic E-state index is -0.226. The molecular formula is C14H16FN3. The first-order chi connectivity index (χ1) is 8.69. The van der Waals surface area contributed by atoms with Crippen molar-refractivity contribution < 1.29 is 4.39 Å². The van der Waals surface area contributed by atoms with E-state index < -0.39 is 0 Å². The van der Waals surface area contributed by atoms with Crippen LogP contribution < -0.4 is 10.6 Å². The number of hydrogen-bond donors (Lipinski definition) is 1. The zero-order chi connectivity index (χ0) is 13.0. The van der Waals surface area contributed by atoms with Crippen LogP contribution >= 0.6 is 0 Å². The molecule has 0 aliphatic carbocycles. The monoisotopic (exact) mass is 245 g/mol. The highest BCUT2D eigenvalue weighted by Crippen LogP contribution is 2.15. The summed E-state index contributed by atoms with van der Waals surface area (Å²) in [5.41, 5.74) is 8.34. The third-order valence-electron chi connectivity index (χ3n) is 2.74. The van der Waals surface area contributed by atoms with Crippen LogP contribution in [0.15, 0.2) is 42.5 Å². The van der Waals surface area contributed by atoms with E-state index in [1.165, 1.54) is 12.1 Å². The number of halogens is 1. The largest absolute Gasteiger partial charge is 0.369 e. The van der Waals surface area contributed by atoms with Gasteiger partial charge in [-0.1, -0.05) is 6.07 Å². The molecule has 0 aliphatic heterocycles. The molecule has 94 valence electrons. The maximum Gasteiger partial charge on any atom is 0.123 e. The van der Waals surface area contributed by atoms with Gasteiger partial charge in [0.15, 0.2) is 0 Å². The van der Waals surface area contributed by atoms with E-state index in [1.807, 2.05) is 30.1 Å². The molecule has 0 saturated carbocycles. The van der Waals surface area contributed by atoms with Crippen LogP contribution in [-0.2, 0) is 13.1 Å². The van der Waals surface area contributed by atoms with E-state index in [1.54, 1.807) is 12.1 Å². The summed E-state index contributed by atoms with van der Waals surface area (Å²) in [6.45, 7) is 1.10. The second kappa shape index (κ2) is 5.60.